The number of nitriles is 2. The highest BCUT2D eigenvalue weighted by Crippen LogP contribution is 2.30. The summed E-state index contributed by atoms with van der Waals surface area (Å²) in [5.41, 5.74) is 0.284. The molecule has 0 spiro atoms. The van der Waals surface area contributed by atoms with Gasteiger partial charge in [-0.1, -0.05) is 0 Å². The van der Waals surface area contributed by atoms with Crippen molar-refractivity contribution in [3.63, 3.8) is 0 Å². The minimum atomic E-state index is -0.504. The molecule has 1 aliphatic heterocycles. The molecule has 1 saturated heterocycles. The molecule has 0 N–H and O–H groups in total. The quantitative estimate of drug-likeness (QED) is 0.822. The van der Waals surface area contributed by atoms with Crippen LogP contribution >= 0.6 is 15.9 Å². The Labute approximate surface area is 132 Å². The van der Waals surface area contributed by atoms with E-state index in [1.54, 1.807) is 12.1 Å². The summed E-state index contributed by atoms with van der Waals surface area (Å²) in [5.74, 6) is -0.401. The molecule has 2 rings (SSSR count). The molecule has 0 amide bonds. The Morgan fingerprint density at radius 1 is 1.19 bits per heavy atom. The van der Waals surface area contributed by atoms with Crippen molar-refractivity contribution >= 4 is 21.6 Å². The Hall–Kier alpha value is -1.63. The highest BCUT2D eigenvalue weighted by Gasteiger charge is 2.30. The predicted molar refractivity (Wildman–Crippen MR) is 82.3 cm³/mol. The molecule has 0 radical (unpaired) electrons. The lowest BCUT2D eigenvalue weighted by Crippen LogP contribution is -2.54. The number of benzene rings is 1. The van der Waals surface area contributed by atoms with E-state index in [0.29, 0.717) is 37.4 Å². The fourth-order valence-corrected chi connectivity index (χ4v) is 2.87. The monoisotopic (exact) mass is 350 g/mol. The molecule has 1 aromatic rings. The molecule has 1 heterocycles. The van der Waals surface area contributed by atoms with Gasteiger partial charge in [0.15, 0.2) is 5.82 Å². The highest BCUT2D eigenvalue weighted by atomic mass is 79.9. The number of nitrogens with zero attached hydrogens (tertiary/aromatic N) is 4. The lowest BCUT2D eigenvalue weighted by Gasteiger charge is -2.41. The van der Waals surface area contributed by atoms with Crippen LogP contribution in [0.5, 0.6) is 0 Å². The van der Waals surface area contributed by atoms with Gasteiger partial charge in [-0.15, -0.1) is 0 Å². The van der Waals surface area contributed by atoms with E-state index in [2.05, 4.69) is 26.9 Å². The van der Waals surface area contributed by atoms with E-state index in [-0.39, 0.29) is 4.47 Å². The first-order valence-corrected chi connectivity index (χ1v) is 7.49. The minimum Gasteiger partial charge on any atom is -0.367 e. The molecule has 0 aromatic heterocycles. The van der Waals surface area contributed by atoms with E-state index in [1.807, 2.05) is 24.8 Å². The van der Waals surface area contributed by atoms with Crippen LogP contribution in [0, 0.1) is 28.5 Å². The summed E-state index contributed by atoms with van der Waals surface area (Å²) in [7, 11) is 0. The molecule has 0 saturated carbocycles. The molecule has 110 valence electrons. The van der Waals surface area contributed by atoms with Gasteiger partial charge in [0.2, 0.25) is 0 Å². The molecule has 1 aliphatic rings. The predicted octanol–water partition coefficient (Wildman–Crippen LogP) is 2.88. The lowest BCUT2D eigenvalue weighted by atomic mass is 10.0. The summed E-state index contributed by atoms with van der Waals surface area (Å²) in [6, 6.07) is 7.50. The van der Waals surface area contributed by atoms with Gasteiger partial charge >= 0.3 is 0 Å². The first kappa shape index (κ1) is 15.8. The fraction of sp³-hybridized carbons (Fsp3) is 0.467. The first-order chi connectivity index (χ1) is 9.90. The Kier molecular flexibility index (Phi) is 4.51. The summed E-state index contributed by atoms with van der Waals surface area (Å²) in [4.78, 5) is 4.05. The number of hydrogen-bond acceptors (Lipinski definition) is 4. The van der Waals surface area contributed by atoms with Crippen molar-refractivity contribution in [1.82, 2.24) is 4.90 Å². The van der Waals surface area contributed by atoms with E-state index >= 15 is 0 Å². The molecular weight excluding hydrogens is 335 g/mol. The SMILES string of the molecule is CC(C)(C#N)N1CCN(c2ccc(C#N)c(Br)c2F)CC1. The Balaban J connectivity index is 2.16. The average molecular weight is 351 g/mol. The second kappa shape index (κ2) is 6.01. The summed E-state index contributed by atoms with van der Waals surface area (Å²) >= 11 is 3.14. The summed E-state index contributed by atoms with van der Waals surface area (Å²) < 4.78 is 14.5. The van der Waals surface area contributed by atoms with Crippen molar-refractivity contribution in [3.8, 4) is 12.1 Å². The average Bonchev–Trinajstić information content (AvgIpc) is 2.50. The molecule has 1 fully saturated rings. The maximum absolute atomic E-state index is 14.3. The van der Waals surface area contributed by atoms with Crippen molar-refractivity contribution in [3.05, 3.63) is 28.0 Å². The summed E-state index contributed by atoms with van der Waals surface area (Å²) in [6.45, 7) is 6.50. The maximum Gasteiger partial charge on any atom is 0.161 e. The van der Waals surface area contributed by atoms with Crippen LogP contribution in [-0.4, -0.2) is 36.6 Å². The minimum absolute atomic E-state index is 0.210. The van der Waals surface area contributed by atoms with Gasteiger partial charge in [-0.25, -0.2) is 4.39 Å². The number of anilines is 1. The highest BCUT2D eigenvalue weighted by molar-refractivity contribution is 9.10. The largest absolute Gasteiger partial charge is 0.367 e. The van der Waals surface area contributed by atoms with Crippen molar-refractivity contribution in [2.75, 3.05) is 31.1 Å². The van der Waals surface area contributed by atoms with Crippen LogP contribution in [0.2, 0.25) is 0 Å². The van der Waals surface area contributed by atoms with Crippen LogP contribution in [0.15, 0.2) is 16.6 Å². The van der Waals surface area contributed by atoms with Gasteiger partial charge in [0.25, 0.3) is 0 Å². The maximum atomic E-state index is 14.3. The van der Waals surface area contributed by atoms with Gasteiger partial charge in [-0.2, -0.15) is 10.5 Å². The molecule has 0 unspecified atom stereocenters. The zero-order valence-electron chi connectivity index (χ0n) is 12.0. The second-order valence-electron chi connectivity index (χ2n) is 5.52. The van der Waals surface area contributed by atoms with Crippen molar-refractivity contribution in [1.29, 1.82) is 10.5 Å². The number of piperazine rings is 1. The van der Waals surface area contributed by atoms with Crippen molar-refractivity contribution in [2.24, 2.45) is 0 Å². The number of hydrogen-bond donors (Lipinski definition) is 0. The molecular formula is C15H16BrFN4. The van der Waals surface area contributed by atoms with E-state index in [1.165, 1.54) is 0 Å². The molecule has 0 bridgehead atoms. The van der Waals surface area contributed by atoms with Gasteiger partial charge in [0.05, 0.1) is 21.8 Å². The van der Waals surface area contributed by atoms with Crippen LogP contribution in [0.25, 0.3) is 0 Å². The zero-order valence-corrected chi connectivity index (χ0v) is 13.6. The topological polar surface area (TPSA) is 54.1 Å². The first-order valence-electron chi connectivity index (χ1n) is 6.70. The molecule has 0 atom stereocenters. The molecule has 6 heteroatoms. The van der Waals surface area contributed by atoms with Crippen LogP contribution in [0.1, 0.15) is 19.4 Å². The van der Waals surface area contributed by atoms with Crippen molar-refractivity contribution < 1.29 is 4.39 Å². The number of rotatable bonds is 2. The number of halogens is 2. The lowest BCUT2D eigenvalue weighted by molar-refractivity contribution is 0.158. The third kappa shape index (κ3) is 3.02. The van der Waals surface area contributed by atoms with Gasteiger partial charge in [0.1, 0.15) is 11.6 Å². The van der Waals surface area contributed by atoms with Gasteiger partial charge < -0.3 is 4.90 Å². The van der Waals surface area contributed by atoms with E-state index in [9.17, 15) is 4.39 Å². The van der Waals surface area contributed by atoms with Gasteiger partial charge in [-0.3, -0.25) is 4.90 Å². The Morgan fingerprint density at radius 3 is 2.33 bits per heavy atom. The van der Waals surface area contributed by atoms with Gasteiger partial charge in [-0.05, 0) is 41.9 Å². The normalized spacial score (nSPS) is 16.4. The van der Waals surface area contributed by atoms with Gasteiger partial charge in [0, 0.05) is 26.2 Å². The molecule has 1 aromatic carbocycles. The zero-order chi connectivity index (χ0) is 15.6. The Bertz CT molecular complexity index is 622. The summed E-state index contributed by atoms with van der Waals surface area (Å²) in [6.07, 6.45) is 0. The van der Waals surface area contributed by atoms with Crippen LogP contribution in [0.3, 0.4) is 0 Å². The Morgan fingerprint density at radius 2 is 1.81 bits per heavy atom. The molecule has 4 nitrogen and oxygen atoms in total. The van der Waals surface area contributed by atoms with Crippen LogP contribution < -0.4 is 4.90 Å². The summed E-state index contributed by atoms with van der Waals surface area (Å²) in [5, 5.41) is 18.1. The smallest absolute Gasteiger partial charge is 0.161 e. The molecule has 0 aliphatic carbocycles. The standard InChI is InChI=1S/C15H16BrFN4/c1-15(2,10-19)21-7-5-20(6-8-21)12-4-3-11(9-18)13(16)14(12)17/h3-4H,5-8H2,1-2H3. The van der Waals surface area contributed by atoms with Crippen LogP contribution in [-0.2, 0) is 0 Å². The van der Waals surface area contributed by atoms with Crippen LogP contribution in [0.4, 0.5) is 10.1 Å². The molecule has 21 heavy (non-hydrogen) atoms. The fourth-order valence-electron chi connectivity index (χ4n) is 2.45. The van der Waals surface area contributed by atoms with E-state index in [0.717, 1.165) is 0 Å². The third-order valence-corrected chi connectivity index (χ3v) is 4.64. The van der Waals surface area contributed by atoms with E-state index < -0.39 is 11.4 Å². The van der Waals surface area contributed by atoms with E-state index in [4.69, 9.17) is 10.5 Å². The van der Waals surface area contributed by atoms with Crippen molar-refractivity contribution in [2.45, 2.75) is 19.4 Å². The third-order valence-electron chi connectivity index (χ3n) is 3.87. The second-order valence-corrected chi connectivity index (χ2v) is 6.31.